The highest BCUT2D eigenvalue weighted by Gasteiger charge is 2.27. The van der Waals surface area contributed by atoms with Crippen LogP contribution in [0.3, 0.4) is 0 Å². The molecule has 0 bridgehead atoms. The summed E-state index contributed by atoms with van der Waals surface area (Å²) in [6, 6.07) is 0. The zero-order valence-corrected chi connectivity index (χ0v) is 16.1. The van der Waals surface area contributed by atoms with Crippen LogP contribution in [0.5, 0.6) is 0 Å². The van der Waals surface area contributed by atoms with Gasteiger partial charge in [0.2, 0.25) is 0 Å². The Hall–Kier alpha value is -0.830. The molecule has 0 aliphatic rings. The second kappa shape index (κ2) is 10.9. The Bertz CT molecular complexity index is 404. The van der Waals surface area contributed by atoms with Crippen LogP contribution in [0.4, 0.5) is 0 Å². The topological polar surface area (TPSA) is 96.3 Å². The number of esters is 2. The van der Waals surface area contributed by atoms with Gasteiger partial charge in [-0.1, -0.05) is 0 Å². The number of thiol groups is 1. The van der Waals surface area contributed by atoms with Crippen LogP contribution < -0.4 is 0 Å². The quantitative estimate of drug-likeness (QED) is 0.365. The fourth-order valence-electron chi connectivity index (χ4n) is 2.51. The molecule has 0 aromatic carbocycles. The summed E-state index contributed by atoms with van der Waals surface area (Å²) in [5.74, 6) is -0.301. The van der Waals surface area contributed by atoms with E-state index >= 15 is 0 Å². The number of hydrogen-bond donors (Lipinski definition) is 3. The van der Waals surface area contributed by atoms with Crippen molar-refractivity contribution in [3.05, 3.63) is 0 Å². The second-order valence-electron chi connectivity index (χ2n) is 6.58. The van der Waals surface area contributed by atoms with Crippen molar-refractivity contribution in [3.63, 3.8) is 0 Å². The van der Waals surface area contributed by atoms with Crippen LogP contribution in [-0.2, 0) is 19.1 Å². The smallest absolute Gasteiger partial charge is 0.303 e. The number of ether oxygens (including phenoxy) is 2. The normalized spacial score (nSPS) is 15.7. The molecule has 0 spiro atoms. The summed E-state index contributed by atoms with van der Waals surface area (Å²) in [5.41, 5.74) is -0.776. The van der Waals surface area contributed by atoms with Crippen LogP contribution in [-0.4, -0.2) is 76.4 Å². The largest absolute Gasteiger partial charge is 0.460 e. The SMILES string of the molecule is CC(=O)OC(C)C(O)CN(CCS)CC(O)CC(C)(C)OC(C)=O. The molecule has 0 rings (SSSR count). The van der Waals surface area contributed by atoms with Gasteiger partial charge in [-0.15, -0.1) is 0 Å². The molecule has 0 heterocycles. The molecule has 142 valence electrons. The fourth-order valence-corrected chi connectivity index (χ4v) is 2.80. The van der Waals surface area contributed by atoms with E-state index in [2.05, 4.69) is 12.6 Å². The van der Waals surface area contributed by atoms with Gasteiger partial charge in [-0.2, -0.15) is 12.6 Å². The Labute approximate surface area is 149 Å². The van der Waals surface area contributed by atoms with Gasteiger partial charge in [0.15, 0.2) is 0 Å². The molecule has 0 radical (unpaired) electrons. The van der Waals surface area contributed by atoms with Gasteiger partial charge < -0.3 is 19.7 Å². The van der Waals surface area contributed by atoms with Crippen molar-refractivity contribution in [2.24, 2.45) is 0 Å². The summed E-state index contributed by atoms with van der Waals surface area (Å²) >= 11 is 4.18. The number of aliphatic hydroxyl groups excluding tert-OH is 2. The van der Waals surface area contributed by atoms with E-state index in [0.717, 1.165) is 0 Å². The summed E-state index contributed by atoms with van der Waals surface area (Å²) in [5, 5.41) is 20.4. The number of aliphatic hydroxyl groups is 2. The Kier molecular flexibility index (Phi) is 10.5. The summed E-state index contributed by atoms with van der Waals surface area (Å²) in [7, 11) is 0. The molecule has 0 aliphatic heterocycles. The van der Waals surface area contributed by atoms with Crippen molar-refractivity contribution >= 4 is 24.6 Å². The van der Waals surface area contributed by atoms with Gasteiger partial charge in [-0.3, -0.25) is 14.5 Å². The average Bonchev–Trinajstić information content (AvgIpc) is 2.34. The maximum Gasteiger partial charge on any atom is 0.303 e. The van der Waals surface area contributed by atoms with Crippen molar-refractivity contribution in [2.75, 3.05) is 25.4 Å². The van der Waals surface area contributed by atoms with Crippen molar-refractivity contribution in [2.45, 2.75) is 65.0 Å². The second-order valence-corrected chi connectivity index (χ2v) is 7.02. The van der Waals surface area contributed by atoms with E-state index in [9.17, 15) is 19.8 Å². The lowest BCUT2D eigenvalue weighted by atomic mass is 10.00. The molecular weight excluding hydrogens is 334 g/mol. The molecule has 0 fully saturated rings. The Morgan fingerprint density at radius 2 is 1.75 bits per heavy atom. The van der Waals surface area contributed by atoms with Crippen LogP contribution in [0.25, 0.3) is 0 Å². The Balaban J connectivity index is 4.60. The number of carbonyl (C=O) groups excluding carboxylic acids is 2. The molecule has 0 aromatic rings. The molecule has 2 N–H and O–H groups in total. The zero-order chi connectivity index (χ0) is 18.9. The third kappa shape index (κ3) is 10.9. The first kappa shape index (κ1) is 23.2. The molecule has 0 aliphatic carbocycles. The van der Waals surface area contributed by atoms with Crippen LogP contribution in [0, 0.1) is 0 Å². The van der Waals surface area contributed by atoms with E-state index in [1.807, 2.05) is 4.90 Å². The monoisotopic (exact) mass is 365 g/mol. The van der Waals surface area contributed by atoms with Gasteiger partial charge >= 0.3 is 11.9 Å². The molecule has 24 heavy (non-hydrogen) atoms. The van der Waals surface area contributed by atoms with Crippen LogP contribution >= 0.6 is 12.6 Å². The molecule has 8 heteroatoms. The lowest BCUT2D eigenvalue weighted by Gasteiger charge is -2.32. The summed E-state index contributed by atoms with van der Waals surface area (Å²) < 4.78 is 10.1. The van der Waals surface area contributed by atoms with E-state index in [-0.39, 0.29) is 19.5 Å². The van der Waals surface area contributed by atoms with Gasteiger partial charge in [0.1, 0.15) is 17.8 Å². The van der Waals surface area contributed by atoms with E-state index < -0.39 is 35.9 Å². The van der Waals surface area contributed by atoms with Gasteiger partial charge in [0.25, 0.3) is 0 Å². The molecule has 0 aromatic heterocycles. The lowest BCUT2D eigenvalue weighted by molar-refractivity contribution is -0.157. The fraction of sp³-hybridized carbons (Fsp3) is 0.875. The van der Waals surface area contributed by atoms with Crippen molar-refractivity contribution in [1.82, 2.24) is 4.90 Å². The molecular formula is C16H31NO6S. The number of carbonyl (C=O) groups is 2. The van der Waals surface area contributed by atoms with E-state index in [4.69, 9.17) is 9.47 Å². The van der Waals surface area contributed by atoms with Crippen molar-refractivity contribution < 1.29 is 29.3 Å². The minimum absolute atomic E-state index is 0.236. The van der Waals surface area contributed by atoms with Gasteiger partial charge in [0, 0.05) is 45.7 Å². The number of nitrogens with zero attached hydrogens (tertiary/aromatic N) is 1. The van der Waals surface area contributed by atoms with Crippen molar-refractivity contribution in [3.8, 4) is 0 Å². The van der Waals surface area contributed by atoms with Gasteiger partial charge in [-0.05, 0) is 20.8 Å². The first-order valence-electron chi connectivity index (χ1n) is 8.03. The maximum atomic E-state index is 11.1. The highest BCUT2D eigenvalue weighted by atomic mass is 32.1. The van der Waals surface area contributed by atoms with E-state index in [1.165, 1.54) is 13.8 Å². The standard InChI is InChI=1S/C16H31NO6S/c1-11(22-12(2)18)15(21)10-17(6-7-24)9-14(20)8-16(4,5)23-13(3)19/h11,14-15,20-21,24H,6-10H2,1-5H3. The third-order valence-corrected chi connectivity index (χ3v) is 3.57. The zero-order valence-electron chi connectivity index (χ0n) is 15.2. The first-order valence-corrected chi connectivity index (χ1v) is 8.66. The van der Waals surface area contributed by atoms with Gasteiger partial charge in [-0.25, -0.2) is 0 Å². The molecule has 0 saturated carbocycles. The third-order valence-electron chi connectivity index (χ3n) is 3.37. The summed E-state index contributed by atoms with van der Waals surface area (Å²) in [6.07, 6.45) is -1.98. The Morgan fingerprint density at radius 3 is 2.21 bits per heavy atom. The average molecular weight is 365 g/mol. The van der Waals surface area contributed by atoms with Crippen LogP contribution in [0.1, 0.15) is 41.0 Å². The molecule has 3 atom stereocenters. The minimum atomic E-state index is -0.873. The Morgan fingerprint density at radius 1 is 1.17 bits per heavy atom. The van der Waals surface area contributed by atoms with E-state index in [0.29, 0.717) is 12.3 Å². The summed E-state index contributed by atoms with van der Waals surface area (Å²) in [6.45, 7) is 8.78. The minimum Gasteiger partial charge on any atom is -0.460 e. The highest BCUT2D eigenvalue weighted by molar-refractivity contribution is 7.80. The number of hydrogen-bond acceptors (Lipinski definition) is 8. The molecule has 0 saturated heterocycles. The molecule has 0 amide bonds. The summed E-state index contributed by atoms with van der Waals surface area (Å²) in [4.78, 5) is 23.9. The number of rotatable bonds is 11. The maximum absolute atomic E-state index is 11.1. The van der Waals surface area contributed by atoms with Gasteiger partial charge in [0.05, 0.1) is 6.10 Å². The van der Waals surface area contributed by atoms with E-state index in [1.54, 1.807) is 20.8 Å². The van der Waals surface area contributed by atoms with Crippen LogP contribution in [0.2, 0.25) is 0 Å². The van der Waals surface area contributed by atoms with Crippen molar-refractivity contribution in [1.29, 1.82) is 0 Å². The first-order chi connectivity index (χ1) is 11.0. The molecule has 3 unspecified atom stereocenters. The highest BCUT2D eigenvalue weighted by Crippen LogP contribution is 2.18. The lowest BCUT2D eigenvalue weighted by Crippen LogP contribution is -2.45. The molecule has 7 nitrogen and oxygen atoms in total. The van der Waals surface area contributed by atoms with Crippen LogP contribution in [0.15, 0.2) is 0 Å². The predicted octanol–water partition coefficient (Wildman–Crippen LogP) is 0.623. The predicted molar refractivity (Wildman–Crippen MR) is 94.0 cm³/mol.